The highest BCUT2D eigenvalue weighted by Crippen LogP contribution is 2.20. The SMILES string of the molecule is COc1ccc(CCNc2cn3nc(NC(=O)C(F)(F)F)nc3cc2C)cc1. The average molecular weight is 393 g/mol. The fourth-order valence-corrected chi connectivity index (χ4v) is 2.57. The number of anilines is 2. The number of carbonyl (C=O) groups excluding carboxylic acids is 1. The lowest BCUT2D eigenvalue weighted by atomic mass is 10.1. The Kier molecular flexibility index (Phi) is 5.39. The molecule has 0 fully saturated rings. The van der Waals surface area contributed by atoms with Crippen LogP contribution in [0.5, 0.6) is 5.75 Å². The molecule has 0 saturated heterocycles. The van der Waals surface area contributed by atoms with Crippen LogP contribution < -0.4 is 15.4 Å². The molecule has 3 rings (SSSR count). The third-order valence-corrected chi connectivity index (χ3v) is 4.05. The Morgan fingerprint density at radius 2 is 1.96 bits per heavy atom. The number of rotatable bonds is 6. The van der Waals surface area contributed by atoms with E-state index < -0.39 is 18.0 Å². The molecule has 0 aliphatic rings. The van der Waals surface area contributed by atoms with Crippen LogP contribution >= 0.6 is 0 Å². The topological polar surface area (TPSA) is 80.5 Å². The number of fused-ring (bicyclic) bond motifs is 1. The molecule has 0 aliphatic carbocycles. The first-order valence-electron chi connectivity index (χ1n) is 8.38. The maximum absolute atomic E-state index is 12.3. The smallest absolute Gasteiger partial charge is 0.471 e. The van der Waals surface area contributed by atoms with Crippen molar-refractivity contribution < 1.29 is 22.7 Å². The molecular formula is C18H18F3N5O2. The molecular weight excluding hydrogens is 375 g/mol. The van der Waals surface area contributed by atoms with Crippen LogP contribution in [0.3, 0.4) is 0 Å². The van der Waals surface area contributed by atoms with E-state index in [-0.39, 0.29) is 0 Å². The normalized spacial score (nSPS) is 11.5. The second-order valence-electron chi connectivity index (χ2n) is 6.09. The molecule has 0 radical (unpaired) electrons. The Balaban J connectivity index is 1.67. The number of methoxy groups -OCH3 is 1. The standard InChI is InChI=1S/C18H18F3N5O2/c1-11-9-15-23-17(24-16(27)18(19,20)21)25-26(15)10-14(11)22-8-7-12-3-5-13(28-2)6-4-12/h3-6,9-10,22H,7-8H2,1-2H3,(H,24,25,27). The minimum Gasteiger partial charge on any atom is -0.497 e. The van der Waals surface area contributed by atoms with Crippen molar-refractivity contribution in [3.63, 3.8) is 0 Å². The molecule has 0 atom stereocenters. The maximum atomic E-state index is 12.3. The molecule has 0 aliphatic heterocycles. The van der Waals surface area contributed by atoms with Gasteiger partial charge >= 0.3 is 12.1 Å². The van der Waals surface area contributed by atoms with E-state index in [1.54, 1.807) is 24.7 Å². The minimum absolute atomic E-state index is 0.329. The third-order valence-electron chi connectivity index (χ3n) is 4.05. The number of benzene rings is 1. The molecule has 7 nitrogen and oxygen atoms in total. The molecule has 1 aromatic carbocycles. The lowest BCUT2D eigenvalue weighted by Gasteiger charge is -2.10. The van der Waals surface area contributed by atoms with Crippen molar-refractivity contribution in [3.8, 4) is 5.75 Å². The second-order valence-corrected chi connectivity index (χ2v) is 6.09. The summed E-state index contributed by atoms with van der Waals surface area (Å²) in [6.07, 6.45) is -2.61. The number of carbonyl (C=O) groups is 1. The zero-order chi connectivity index (χ0) is 20.3. The van der Waals surface area contributed by atoms with Crippen LogP contribution in [0.4, 0.5) is 24.8 Å². The first-order chi connectivity index (χ1) is 13.3. The summed E-state index contributed by atoms with van der Waals surface area (Å²) in [7, 11) is 1.61. The van der Waals surface area contributed by atoms with E-state index in [0.29, 0.717) is 12.2 Å². The molecule has 0 bridgehead atoms. The molecule has 2 heterocycles. The highest BCUT2D eigenvalue weighted by atomic mass is 19.4. The quantitative estimate of drug-likeness (QED) is 0.672. The van der Waals surface area contributed by atoms with Gasteiger partial charge in [0.05, 0.1) is 19.0 Å². The van der Waals surface area contributed by atoms with Crippen molar-refractivity contribution in [3.05, 3.63) is 47.7 Å². The second kappa shape index (κ2) is 7.75. The van der Waals surface area contributed by atoms with Crippen molar-refractivity contribution in [2.75, 3.05) is 24.3 Å². The largest absolute Gasteiger partial charge is 0.497 e. The van der Waals surface area contributed by atoms with Gasteiger partial charge in [-0.15, -0.1) is 5.10 Å². The van der Waals surface area contributed by atoms with E-state index in [9.17, 15) is 18.0 Å². The molecule has 28 heavy (non-hydrogen) atoms. The van der Waals surface area contributed by atoms with E-state index in [0.717, 1.165) is 29.0 Å². The number of amides is 1. The number of nitrogens with one attached hydrogen (secondary N) is 2. The summed E-state index contributed by atoms with van der Waals surface area (Å²) in [5, 5.41) is 8.79. The van der Waals surface area contributed by atoms with Gasteiger partial charge in [0.25, 0.3) is 0 Å². The Hall–Kier alpha value is -3.30. The van der Waals surface area contributed by atoms with Gasteiger partial charge in [-0.1, -0.05) is 12.1 Å². The van der Waals surface area contributed by atoms with Crippen molar-refractivity contribution in [1.29, 1.82) is 0 Å². The fraction of sp³-hybridized carbons (Fsp3) is 0.278. The summed E-state index contributed by atoms with van der Waals surface area (Å²) in [5.74, 6) is -1.73. The van der Waals surface area contributed by atoms with Gasteiger partial charge in [0.15, 0.2) is 5.65 Å². The number of pyridine rings is 1. The van der Waals surface area contributed by atoms with Gasteiger partial charge in [0, 0.05) is 6.54 Å². The number of alkyl halides is 3. The average Bonchev–Trinajstić information content (AvgIpc) is 3.02. The van der Waals surface area contributed by atoms with Crippen LogP contribution in [0.1, 0.15) is 11.1 Å². The molecule has 148 valence electrons. The van der Waals surface area contributed by atoms with Gasteiger partial charge < -0.3 is 10.1 Å². The number of ether oxygens (including phenoxy) is 1. The molecule has 3 aromatic rings. The summed E-state index contributed by atoms with van der Waals surface area (Å²) in [6, 6.07) is 9.40. The number of aromatic nitrogens is 3. The number of hydrogen-bond acceptors (Lipinski definition) is 5. The van der Waals surface area contributed by atoms with Gasteiger partial charge in [-0.05, 0) is 42.7 Å². The van der Waals surface area contributed by atoms with Crippen LogP contribution in [0.15, 0.2) is 36.5 Å². The lowest BCUT2D eigenvalue weighted by molar-refractivity contribution is -0.167. The summed E-state index contributed by atoms with van der Waals surface area (Å²) < 4.78 is 43.5. The Morgan fingerprint density at radius 3 is 2.61 bits per heavy atom. The Morgan fingerprint density at radius 1 is 1.25 bits per heavy atom. The van der Waals surface area contributed by atoms with Crippen LogP contribution in [0.2, 0.25) is 0 Å². The first-order valence-corrected chi connectivity index (χ1v) is 8.38. The number of halogens is 3. The highest BCUT2D eigenvalue weighted by molar-refractivity contribution is 5.93. The van der Waals surface area contributed by atoms with Crippen molar-refractivity contribution in [1.82, 2.24) is 14.6 Å². The molecule has 2 N–H and O–H groups in total. The minimum atomic E-state index is -5.00. The van der Waals surface area contributed by atoms with Gasteiger partial charge in [-0.2, -0.15) is 18.2 Å². The van der Waals surface area contributed by atoms with Crippen molar-refractivity contribution in [2.45, 2.75) is 19.5 Å². The predicted octanol–water partition coefficient (Wildman–Crippen LogP) is 3.20. The highest BCUT2D eigenvalue weighted by Gasteiger charge is 2.39. The number of nitrogens with zero attached hydrogens (tertiary/aromatic N) is 3. The molecule has 0 unspecified atom stereocenters. The summed E-state index contributed by atoms with van der Waals surface area (Å²) in [6.45, 7) is 2.49. The van der Waals surface area contributed by atoms with Gasteiger partial charge in [-0.25, -0.2) is 4.52 Å². The Bertz CT molecular complexity index is 983. The van der Waals surface area contributed by atoms with Crippen LogP contribution in [0.25, 0.3) is 5.65 Å². The fourth-order valence-electron chi connectivity index (χ4n) is 2.57. The monoisotopic (exact) mass is 393 g/mol. The summed E-state index contributed by atoms with van der Waals surface area (Å²) in [5.41, 5.74) is 3.07. The maximum Gasteiger partial charge on any atom is 0.471 e. The van der Waals surface area contributed by atoms with Crippen LogP contribution in [-0.2, 0) is 11.2 Å². The first kappa shape index (κ1) is 19.5. The van der Waals surface area contributed by atoms with E-state index in [1.165, 1.54) is 4.52 Å². The van der Waals surface area contributed by atoms with E-state index in [2.05, 4.69) is 15.4 Å². The molecule has 1 amide bonds. The zero-order valence-electron chi connectivity index (χ0n) is 15.2. The van der Waals surface area contributed by atoms with Gasteiger partial charge in [0.2, 0.25) is 5.95 Å². The van der Waals surface area contributed by atoms with E-state index >= 15 is 0 Å². The molecule has 0 saturated carbocycles. The predicted molar refractivity (Wildman–Crippen MR) is 97.6 cm³/mol. The summed E-state index contributed by atoms with van der Waals surface area (Å²) >= 11 is 0. The third kappa shape index (κ3) is 4.51. The number of hydrogen-bond donors (Lipinski definition) is 2. The Labute approximate surface area is 158 Å². The van der Waals surface area contributed by atoms with Crippen molar-refractivity contribution in [2.24, 2.45) is 0 Å². The van der Waals surface area contributed by atoms with E-state index in [1.807, 2.05) is 31.2 Å². The van der Waals surface area contributed by atoms with Crippen LogP contribution in [-0.4, -0.2) is 40.3 Å². The summed E-state index contributed by atoms with van der Waals surface area (Å²) in [4.78, 5) is 14.9. The zero-order valence-corrected chi connectivity index (χ0v) is 15.2. The van der Waals surface area contributed by atoms with Gasteiger partial charge in [-0.3, -0.25) is 10.1 Å². The van der Waals surface area contributed by atoms with Crippen LogP contribution in [0, 0.1) is 6.92 Å². The van der Waals surface area contributed by atoms with Gasteiger partial charge in [0.1, 0.15) is 5.75 Å². The lowest BCUT2D eigenvalue weighted by Crippen LogP contribution is -2.30. The molecule has 10 heteroatoms. The molecule has 2 aromatic heterocycles. The van der Waals surface area contributed by atoms with E-state index in [4.69, 9.17) is 4.74 Å². The molecule has 0 spiro atoms. The number of aryl methyl sites for hydroxylation is 1. The van der Waals surface area contributed by atoms with Crippen molar-refractivity contribution >= 4 is 23.2 Å².